The molecule has 6 heteroatoms. The van der Waals surface area contributed by atoms with Gasteiger partial charge in [0.2, 0.25) is 5.91 Å². The topological polar surface area (TPSA) is 47.6 Å². The third kappa shape index (κ3) is 4.41. The molecule has 0 fully saturated rings. The molecule has 2 heterocycles. The SMILES string of the molecule is COc1ccc(CC(=O)NCc2cc(-c3ccsc3)cs2)cc1OC. The maximum absolute atomic E-state index is 12.2. The van der Waals surface area contributed by atoms with Crippen LogP contribution in [-0.4, -0.2) is 20.1 Å². The molecule has 0 aliphatic heterocycles. The largest absolute Gasteiger partial charge is 0.493 e. The number of thiophene rings is 2. The lowest BCUT2D eigenvalue weighted by Gasteiger charge is -2.09. The lowest BCUT2D eigenvalue weighted by molar-refractivity contribution is -0.120. The molecule has 130 valence electrons. The minimum absolute atomic E-state index is 0.0160. The fourth-order valence-corrected chi connectivity index (χ4v) is 3.98. The highest BCUT2D eigenvalue weighted by Gasteiger charge is 2.09. The quantitative estimate of drug-likeness (QED) is 0.670. The molecule has 0 saturated heterocycles. The van der Waals surface area contributed by atoms with Gasteiger partial charge >= 0.3 is 0 Å². The normalized spacial score (nSPS) is 10.5. The van der Waals surface area contributed by atoms with Crippen LogP contribution in [0, 0.1) is 0 Å². The number of rotatable bonds is 7. The van der Waals surface area contributed by atoms with E-state index in [2.05, 4.69) is 33.6 Å². The number of methoxy groups -OCH3 is 2. The van der Waals surface area contributed by atoms with E-state index in [-0.39, 0.29) is 5.91 Å². The first-order valence-electron chi connectivity index (χ1n) is 7.77. The van der Waals surface area contributed by atoms with E-state index >= 15 is 0 Å². The molecule has 3 aromatic rings. The summed E-state index contributed by atoms with van der Waals surface area (Å²) >= 11 is 3.34. The summed E-state index contributed by atoms with van der Waals surface area (Å²) in [6.45, 7) is 0.543. The van der Waals surface area contributed by atoms with Gasteiger partial charge in [-0.2, -0.15) is 11.3 Å². The summed E-state index contributed by atoms with van der Waals surface area (Å²) in [6.07, 6.45) is 0.309. The van der Waals surface area contributed by atoms with Crippen molar-refractivity contribution < 1.29 is 14.3 Å². The zero-order chi connectivity index (χ0) is 17.6. The van der Waals surface area contributed by atoms with Crippen LogP contribution in [0.2, 0.25) is 0 Å². The maximum Gasteiger partial charge on any atom is 0.224 e. The summed E-state index contributed by atoms with van der Waals surface area (Å²) in [7, 11) is 3.18. The van der Waals surface area contributed by atoms with Gasteiger partial charge in [0.05, 0.1) is 27.2 Å². The summed E-state index contributed by atoms with van der Waals surface area (Å²) in [6, 6.07) is 9.75. The highest BCUT2D eigenvalue weighted by molar-refractivity contribution is 7.10. The zero-order valence-corrected chi connectivity index (χ0v) is 15.7. The van der Waals surface area contributed by atoms with Crippen LogP contribution >= 0.6 is 22.7 Å². The van der Waals surface area contributed by atoms with Gasteiger partial charge in [-0.15, -0.1) is 11.3 Å². The molecular weight excluding hydrogens is 354 g/mol. The molecule has 1 N–H and O–H groups in total. The molecule has 0 aliphatic rings. The van der Waals surface area contributed by atoms with E-state index in [4.69, 9.17) is 9.47 Å². The number of hydrogen-bond acceptors (Lipinski definition) is 5. The lowest BCUT2D eigenvalue weighted by Crippen LogP contribution is -2.24. The molecule has 4 nitrogen and oxygen atoms in total. The maximum atomic E-state index is 12.2. The van der Waals surface area contributed by atoms with Gasteiger partial charge in [0.25, 0.3) is 0 Å². The monoisotopic (exact) mass is 373 g/mol. The minimum atomic E-state index is -0.0160. The number of carbonyl (C=O) groups excluding carboxylic acids is 1. The Labute approximate surface area is 155 Å². The van der Waals surface area contributed by atoms with Crippen molar-refractivity contribution in [3.05, 3.63) is 56.9 Å². The average molecular weight is 373 g/mol. The third-order valence-corrected chi connectivity index (χ3v) is 5.40. The third-order valence-electron chi connectivity index (χ3n) is 3.78. The summed E-state index contributed by atoms with van der Waals surface area (Å²) < 4.78 is 10.5. The molecule has 0 bridgehead atoms. The molecule has 0 spiro atoms. The second kappa shape index (κ2) is 8.18. The van der Waals surface area contributed by atoms with Gasteiger partial charge in [0, 0.05) is 4.88 Å². The van der Waals surface area contributed by atoms with E-state index in [9.17, 15) is 4.79 Å². The standard InChI is InChI=1S/C19H19NO3S2/c1-22-17-4-3-13(7-18(17)23-2)8-19(21)20-10-16-9-15(12-25-16)14-5-6-24-11-14/h3-7,9,11-12H,8,10H2,1-2H3,(H,20,21). The van der Waals surface area contributed by atoms with E-state index in [1.807, 2.05) is 18.2 Å². The first kappa shape index (κ1) is 17.5. The van der Waals surface area contributed by atoms with Crippen molar-refractivity contribution in [2.24, 2.45) is 0 Å². The molecule has 2 aromatic heterocycles. The van der Waals surface area contributed by atoms with Crippen molar-refractivity contribution in [3.63, 3.8) is 0 Å². The summed E-state index contributed by atoms with van der Waals surface area (Å²) in [5, 5.41) is 9.29. The van der Waals surface area contributed by atoms with Gasteiger partial charge in [-0.25, -0.2) is 0 Å². The Morgan fingerprint density at radius 2 is 1.88 bits per heavy atom. The van der Waals surface area contributed by atoms with Crippen LogP contribution in [0.5, 0.6) is 11.5 Å². The van der Waals surface area contributed by atoms with Gasteiger partial charge in [-0.3, -0.25) is 4.79 Å². The number of amides is 1. The number of ether oxygens (including phenoxy) is 2. The second-order valence-electron chi connectivity index (χ2n) is 5.46. The first-order valence-corrected chi connectivity index (χ1v) is 9.59. The van der Waals surface area contributed by atoms with Crippen LogP contribution in [0.1, 0.15) is 10.4 Å². The highest BCUT2D eigenvalue weighted by Crippen LogP contribution is 2.28. The Hall–Kier alpha value is -2.31. The molecule has 25 heavy (non-hydrogen) atoms. The Bertz CT molecular complexity index is 840. The highest BCUT2D eigenvalue weighted by atomic mass is 32.1. The second-order valence-corrected chi connectivity index (χ2v) is 7.23. The first-order chi connectivity index (χ1) is 12.2. The van der Waals surface area contributed by atoms with E-state index in [0.717, 1.165) is 10.4 Å². The Kier molecular flexibility index (Phi) is 5.73. The van der Waals surface area contributed by atoms with Gasteiger partial charge in [-0.05, 0) is 57.1 Å². The molecule has 3 rings (SSSR count). The predicted octanol–water partition coefficient (Wildman–Crippen LogP) is 4.35. The van der Waals surface area contributed by atoms with Gasteiger partial charge in [-0.1, -0.05) is 6.07 Å². The molecule has 0 radical (unpaired) electrons. The van der Waals surface area contributed by atoms with Crippen LogP contribution in [0.4, 0.5) is 0 Å². The fourth-order valence-electron chi connectivity index (χ4n) is 2.48. The Balaban J connectivity index is 1.56. The molecule has 0 unspecified atom stereocenters. The Morgan fingerprint density at radius 3 is 2.60 bits per heavy atom. The lowest BCUT2D eigenvalue weighted by atomic mass is 10.1. The Morgan fingerprint density at radius 1 is 1.04 bits per heavy atom. The molecule has 0 saturated carbocycles. The van der Waals surface area contributed by atoms with E-state index in [0.29, 0.717) is 24.5 Å². The predicted molar refractivity (Wildman–Crippen MR) is 103 cm³/mol. The van der Waals surface area contributed by atoms with Crippen molar-refractivity contribution in [2.75, 3.05) is 14.2 Å². The van der Waals surface area contributed by atoms with Crippen molar-refractivity contribution in [2.45, 2.75) is 13.0 Å². The number of carbonyl (C=O) groups is 1. The minimum Gasteiger partial charge on any atom is -0.493 e. The van der Waals surface area contributed by atoms with Gasteiger partial charge in [0.15, 0.2) is 11.5 Å². The van der Waals surface area contributed by atoms with Gasteiger partial charge < -0.3 is 14.8 Å². The zero-order valence-electron chi connectivity index (χ0n) is 14.1. The van der Waals surface area contributed by atoms with Crippen molar-refractivity contribution in [3.8, 4) is 22.6 Å². The summed E-state index contributed by atoms with van der Waals surface area (Å²) in [5.41, 5.74) is 3.32. The smallest absolute Gasteiger partial charge is 0.224 e. The van der Waals surface area contributed by atoms with Crippen LogP contribution in [-0.2, 0) is 17.8 Å². The molecule has 0 atom stereocenters. The average Bonchev–Trinajstić information content (AvgIpc) is 3.31. The summed E-state index contributed by atoms with van der Waals surface area (Å²) in [4.78, 5) is 13.3. The molecule has 1 aromatic carbocycles. The van der Waals surface area contributed by atoms with E-state index in [1.54, 1.807) is 36.9 Å². The summed E-state index contributed by atoms with van der Waals surface area (Å²) in [5.74, 6) is 1.27. The van der Waals surface area contributed by atoms with Crippen molar-refractivity contribution in [1.29, 1.82) is 0 Å². The van der Waals surface area contributed by atoms with Crippen LogP contribution in [0.3, 0.4) is 0 Å². The number of benzene rings is 1. The van der Waals surface area contributed by atoms with E-state index < -0.39 is 0 Å². The number of nitrogens with one attached hydrogen (secondary N) is 1. The van der Waals surface area contributed by atoms with Crippen LogP contribution in [0.25, 0.3) is 11.1 Å². The molecule has 1 amide bonds. The van der Waals surface area contributed by atoms with E-state index in [1.165, 1.54) is 11.1 Å². The fraction of sp³-hybridized carbons (Fsp3) is 0.211. The molecular formula is C19H19NO3S2. The van der Waals surface area contributed by atoms with Crippen molar-refractivity contribution >= 4 is 28.6 Å². The van der Waals surface area contributed by atoms with Crippen molar-refractivity contribution in [1.82, 2.24) is 5.32 Å². The van der Waals surface area contributed by atoms with Crippen LogP contribution < -0.4 is 14.8 Å². The number of hydrogen-bond donors (Lipinski definition) is 1. The van der Waals surface area contributed by atoms with Crippen LogP contribution in [0.15, 0.2) is 46.5 Å². The molecule has 0 aliphatic carbocycles. The van der Waals surface area contributed by atoms with Gasteiger partial charge in [0.1, 0.15) is 0 Å².